The number of nitrogens with zero attached hydrogens (tertiary/aromatic N) is 1. The highest BCUT2D eigenvalue weighted by Crippen LogP contribution is 2.23. The predicted octanol–water partition coefficient (Wildman–Crippen LogP) is 3.79. The molecule has 2 N–H and O–H groups in total. The Bertz CT molecular complexity index is 512. The molecule has 0 saturated heterocycles. The number of benzene rings is 1. The largest absolute Gasteiger partial charge is 0.329 e. The molecule has 2 aromatic rings. The summed E-state index contributed by atoms with van der Waals surface area (Å²) in [5.41, 5.74) is 7.31. The normalized spacial score (nSPS) is 12.8. The van der Waals surface area contributed by atoms with Crippen LogP contribution in [-0.4, -0.2) is 24.5 Å². The molecule has 1 unspecified atom stereocenters. The Morgan fingerprint density at radius 1 is 1.20 bits per heavy atom. The number of hydrogen-bond acceptors (Lipinski definition) is 3. The summed E-state index contributed by atoms with van der Waals surface area (Å²) in [6, 6.07) is 15.0. The van der Waals surface area contributed by atoms with Gasteiger partial charge in [0.15, 0.2) is 0 Å². The average molecular weight is 309 g/mol. The van der Waals surface area contributed by atoms with Crippen molar-refractivity contribution in [3.05, 3.63) is 57.2 Å². The number of likely N-dealkylation sites (N-methyl/N-ethyl adjacent to an activating group) is 1. The average Bonchev–Trinajstić information content (AvgIpc) is 2.86. The third-order valence-corrected chi connectivity index (χ3v) is 4.75. The smallest absolute Gasteiger partial charge is 0.0931 e. The van der Waals surface area contributed by atoms with Crippen molar-refractivity contribution in [1.82, 2.24) is 4.90 Å². The summed E-state index contributed by atoms with van der Waals surface area (Å²) in [5, 5.41) is 0. The second-order valence-electron chi connectivity index (χ2n) is 5.03. The lowest BCUT2D eigenvalue weighted by atomic mass is 10.0. The fourth-order valence-corrected chi connectivity index (χ4v) is 3.46. The summed E-state index contributed by atoms with van der Waals surface area (Å²) in [7, 11) is 2.14. The van der Waals surface area contributed by atoms with Crippen LogP contribution >= 0.6 is 22.9 Å². The molecule has 0 saturated carbocycles. The Balaban J connectivity index is 1.87. The van der Waals surface area contributed by atoms with Gasteiger partial charge in [0.25, 0.3) is 0 Å². The van der Waals surface area contributed by atoms with Gasteiger partial charge in [-0.15, -0.1) is 11.3 Å². The second kappa shape index (κ2) is 7.79. The molecule has 2 rings (SSSR count). The van der Waals surface area contributed by atoms with Gasteiger partial charge in [0, 0.05) is 24.0 Å². The summed E-state index contributed by atoms with van der Waals surface area (Å²) in [4.78, 5) is 3.61. The van der Waals surface area contributed by atoms with E-state index in [9.17, 15) is 0 Å². The molecule has 4 heteroatoms. The molecule has 0 aliphatic carbocycles. The fraction of sp³-hybridized carbons (Fsp3) is 0.375. The molecule has 2 nitrogen and oxygen atoms in total. The maximum atomic E-state index is 5.97. The van der Waals surface area contributed by atoms with Crippen LogP contribution in [-0.2, 0) is 13.0 Å². The third kappa shape index (κ3) is 4.60. The lowest BCUT2D eigenvalue weighted by Crippen LogP contribution is -2.37. The lowest BCUT2D eigenvalue weighted by Gasteiger charge is -2.26. The van der Waals surface area contributed by atoms with E-state index in [-0.39, 0.29) is 0 Å². The van der Waals surface area contributed by atoms with Gasteiger partial charge in [-0.3, -0.25) is 4.90 Å². The number of nitrogens with two attached hydrogens (primary N) is 1. The van der Waals surface area contributed by atoms with Gasteiger partial charge in [-0.25, -0.2) is 0 Å². The van der Waals surface area contributed by atoms with E-state index in [1.807, 2.05) is 6.07 Å². The van der Waals surface area contributed by atoms with Crippen molar-refractivity contribution < 1.29 is 0 Å². The molecular weight excluding hydrogens is 288 g/mol. The van der Waals surface area contributed by atoms with Gasteiger partial charge in [0.1, 0.15) is 0 Å². The van der Waals surface area contributed by atoms with E-state index in [0.717, 1.165) is 23.7 Å². The standard InChI is InChI=1S/C16H21ClN2S/c1-19(12-15-9-10-16(17)20-15)14(11-18)8-7-13-5-3-2-4-6-13/h2-6,9-10,14H,7-8,11-12,18H2,1H3. The van der Waals surface area contributed by atoms with Crippen molar-refractivity contribution in [1.29, 1.82) is 0 Å². The Labute approximate surface area is 130 Å². The van der Waals surface area contributed by atoms with E-state index in [0.29, 0.717) is 12.6 Å². The minimum Gasteiger partial charge on any atom is -0.329 e. The lowest BCUT2D eigenvalue weighted by molar-refractivity contribution is 0.229. The monoisotopic (exact) mass is 308 g/mol. The summed E-state index contributed by atoms with van der Waals surface area (Å²) < 4.78 is 0.849. The van der Waals surface area contributed by atoms with E-state index >= 15 is 0 Å². The van der Waals surface area contributed by atoms with Crippen LogP contribution in [0, 0.1) is 0 Å². The highest BCUT2D eigenvalue weighted by atomic mass is 35.5. The summed E-state index contributed by atoms with van der Waals surface area (Å²) in [6.07, 6.45) is 2.15. The van der Waals surface area contributed by atoms with Crippen LogP contribution < -0.4 is 5.73 Å². The zero-order chi connectivity index (χ0) is 14.4. The van der Waals surface area contributed by atoms with Crippen LogP contribution in [0.1, 0.15) is 16.9 Å². The van der Waals surface area contributed by atoms with Crippen LogP contribution in [0.5, 0.6) is 0 Å². The van der Waals surface area contributed by atoms with Crippen LogP contribution in [0.4, 0.5) is 0 Å². The maximum Gasteiger partial charge on any atom is 0.0931 e. The molecule has 0 bridgehead atoms. The molecular formula is C16H21ClN2S. The first-order valence-electron chi connectivity index (χ1n) is 6.87. The Hall–Kier alpha value is -0.870. The van der Waals surface area contributed by atoms with E-state index in [4.69, 9.17) is 17.3 Å². The first kappa shape index (κ1) is 15.5. The second-order valence-corrected chi connectivity index (χ2v) is 6.83. The summed E-state index contributed by atoms with van der Waals surface area (Å²) in [5.74, 6) is 0. The number of aryl methyl sites for hydroxylation is 1. The molecule has 1 aromatic heterocycles. The first-order valence-corrected chi connectivity index (χ1v) is 8.07. The molecule has 108 valence electrons. The zero-order valence-corrected chi connectivity index (χ0v) is 13.3. The van der Waals surface area contributed by atoms with Crippen molar-refractivity contribution in [2.24, 2.45) is 5.73 Å². The van der Waals surface area contributed by atoms with Crippen LogP contribution in [0.2, 0.25) is 4.34 Å². The van der Waals surface area contributed by atoms with Crippen molar-refractivity contribution in [2.75, 3.05) is 13.6 Å². The zero-order valence-electron chi connectivity index (χ0n) is 11.8. The minimum atomic E-state index is 0.399. The summed E-state index contributed by atoms with van der Waals surface area (Å²) in [6.45, 7) is 1.59. The third-order valence-electron chi connectivity index (χ3n) is 3.54. The molecule has 0 fully saturated rings. The molecule has 1 heterocycles. The Kier molecular flexibility index (Phi) is 6.05. The van der Waals surface area contributed by atoms with E-state index in [2.05, 4.69) is 48.3 Å². The fourth-order valence-electron chi connectivity index (χ4n) is 2.31. The Morgan fingerprint density at radius 2 is 1.95 bits per heavy atom. The molecule has 1 aromatic carbocycles. The molecule has 20 heavy (non-hydrogen) atoms. The SMILES string of the molecule is CN(Cc1ccc(Cl)s1)C(CN)CCc1ccccc1. The predicted molar refractivity (Wildman–Crippen MR) is 88.4 cm³/mol. The van der Waals surface area contributed by atoms with Crippen molar-refractivity contribution >= 4 is 22.9 Å². The van der Waals surface area contributed by atoms with Gasteiger partial charge >= 0.3 is 0 Å². The number of halogens is 1. The molecule has 0 radical (unpaired) electrons. The number of thiophene rings is 1. The van der Waals surface area contributed by atoms with Crippen LogP contribution in [0.25, 0.3) is 0 Å². The maximum absolute atomic E-state index is 5.97. The molecule has 0 aliphatic rings. The van der Waals surface area contributed by atoms with E-state index < -0.39 is 0 Å². The highest BCUT2D eigenvalue weighted by Gasteiger charge is 2.14. The minimum absolute atomic E-state index is 0.399. The first-order chi connectivity index (χ1) is 9.69. The van der Waals surface area contributed by atoms with Crippen molar-refractivity contribution in [3.8, 4) is 0 Å². The van der Waals surface area contributed by atoms with Gasteiger partial charge in [-0.1, -0.05) is 41.9 Å². The Morgan fingerprint density at radius 3 is 2.55 bits per heavy atom. The van der Waals surface area contributed by atoms with E-state index in [1.54, 1.807) is 11.3 Å². The molecule has 0 amide bonds. The quantitative estimate of drug-likeness (QED) is 0.843. The molecule has 1 atom stereocenters. The van der Waals surface area contributed by atoms with Gasteiger partial charge in [0.05, 0.1) is 4.34 Å². The topological polar surface area (TPSA) is 29.3 Å². The molecule has 0 spiro atoms. The highest BCUT2D eigenvalue weighted by molar-refractivity contribution is 7.16. The molecule has 0 aliphatic heterocycles. The van der Waals surface area contributed by atoms with E-state index in [1.165, 1.54) is 10.4 Å². The number of hydrogen-bond donors (Lipinski definition) is 1. The van der Waals surface area contributed by atoms with Crippen molar-refractivity contribution in [2.45, 2.75) is 25.4 Å². The van der Waals surface area contributed by atoms with Crippen LogP contribution in [0.15, 0.2) is 42.5 Å². The number of rotatable bonds is 7. The van der Waals surface area contributed by atoms with Gasteiger partial charge in [-0.2, -0.15) is 0 Å². The van der Waals surface area contributed by atoms with Crippen molar-refractivity contribution in [3.63, 3.8) is 0 Å². The van der Waals surface area contributed by atoms with Gasteiger partial charge < -0.3 is 5.73 Å². The van der Waals surface area contributed by atoms with Gasteiger partial charge in [-0.05, 0) is 37.6 Å². The van der Waals surface area contributed by atoms with Gasteiger partial charge in [0.2, 0.25) is 0 Å². The summed E-state index contributed by atoms with van der Waals surface area (Å²) >= 11 is 7.62. The van der Waals surface area contributed by atoms with Crippen LogP contribution in [0.3, 0.4) is 0 Å².